The van der Waals surface area contributed by atoms with Crippen LogP contribution in [0.5, 0.6) is 5.75 Å². The van der Waals surface area contributed by atoms with E-state index in [0.29, 0.717) is 5.56 Å². The number of pyridine rings is 1. The van der Waals surface area contributed by atoms with E-state index in [2.05, 4.69) is 24.3 Å². The van der Waals surface area contributed by atoms with Gasteiger partial charge < -0.3 is 4.84 Å². The monoisotopic (exact) mass is 406 g/mol. The summed E-state index contributed by atoms with van der Waals surface area (Å²) in [7, 11) is 1.94. The van der Waals surface area contributed by atoms with Crippen LogP contribution in [0.4, 0.5) is 0 Å². The van der Waals surface area contributed by atoms with Crippen molar-refractivity contribution in [2.24, 2.45) is 0 Å². The molecule has 0 fully saturated rings. The Hall–Kier alpha value is -3.76. The Morgan fingerprint density at radius 2 is 1.68 bits per heavy atom. The summed E-state index contributed by atoms with van der Waals surface area (Å²) in [6.45, 7) is 1.58. The third-order valence-electron chi connectivity index (χ3n) is 5.64. The molecule has 31 heavy (non-hydrogen) atoms. The van der Waals surface area contributed by atoms with Gasteiger partial charge in [-0.05, 0) is 24.6 Å². The van der Waals surface area contributed by atoms with Crippen LogP contribution >= 0.6 is 0 Å². The Kier molecular flexibility index (Phi) is 4.85. The number of carbonyl (C=O) groups is 1. The largest absolute Gasteiger partial charge is 0.404 e. The molecular formula is C27H22N2O2. The van der Waals surface area contributed by atoms with Crippen molar-refractivity contribution in [2.75, 3.05) is 7.05 Å². The number of ketones is 1. The van der Waals surface area contributed by atoms with Gasteiger partial charge in [0, 0.05) is 29.1 Å². The average Bonchev–Trinajstić information content (AvgIpc) is 3.14. The molecule has 0 spiro atoms. The molecule has 0 bridgehead atoms. The molecule has 1 aliphatic rings. The number of likely N-dealkylation sites (N-methyl/N-ethyl adjacent to an activating group) is 1. The second-order valence-corrected chi connectivity index (χ2v) is 7.71. The summed E-state index contributed by atoms with van der Waals surface area (Å²) in [5.41, 5.74) is 5.57. The number of carbonyl (C=O) groups excluding carboxylic acids is 1. The Morgan fingerprint density at radius 1 is 0.968 bits per heavy atom. The number of hydroxylamine groups is 2. The molecule has 4 aromatic rings. The fraction of sp³-hybridized carbons (Fsp3) is 0.111. The average molecular weight is 406 g/mol. The third-order valence-corrected chi connectivity index (χ3v) is 5.64. The Bertz CT molecular complexity index is 1290. The van der Waals surface area contributed by atoms with E-state index in [0.717, 1.165) is 39.0 Å². The zero-order chi connectivity index (χ0) is 21.4. The van der Waals surface area contributed by atoms with Gasteiger partial charge in [0.1, 0.15) is 0 Å². The van der Waals surface area contributed by atoms with Gasteiger partial charge in [-0.3, -0.25) is 4.79 Å². The topological polar surface area (TPSA) is 42.4 Å². The summed E-state index contributed by atoms with van der Waals surface area (Å²) >= 11 is 0. The van der Waals surface area contributed by atoms with Crippen molar-refractivity contribution in [3.63, 3.8) is 0 Å². The SMILES string of the molecule is CC(=O)c1ccc(-c2nc3ccccc3c3c2C(/C=C/c2ccccc2)N(C)O3)cc1. The van der Waals surface area contributed by atoms with Crippen LogP contribution in [0.3, 0.4) is 0 Å². The first-order valence-corrected chi connectivity index (χ1v) is 10.3. The Labute approximate surface area is 181 Å². The minimum Gasteiger partial charge on any atom is -0.404 e. The van der Waals surface area contributed by atoms with Crippen LogP contribution in [0.15, 0.2) is 84.9 Å². The number of rotatable bonds is 4. The Morgan fingerprint density at radius 3 is 2.42 bits per heavy atom. The van der Waals surface area contributed by atoms with Crippen LogP contribution in [-0.2, 0) is 0 Å². The normalized spacial score (nSPS) is 15.9. The lowest BCUT2D eigenvalue weighted by molar-refractivity contribution is -0.0278. The summed E-state index contributed by atoms with van der Waals surface area (Å²) in [4.78, 5) is 23.0. The molecule has 5 rings (SSSR count). The lowest BCUT2D eigenvalue weighted by atomic mass is 9.95. The number of fused-ring (bicyclic) bond motifs is 3. The molecule has 3 aromatic carbocycles. The fourth-order valence-corrected chi connectivity index (χ4v) is 4.02. The fourth-order valence-electron chi connectivity index (χ4n) is 4.02. The van der Waals surface area contributed by atoms with Gasteiger partial charge in [-0.15, -0.1) is 5.06 Å². The van der Waals surface area contributed by atoms with E-state index >= 15 is 0 Å². The number of hydrogen-bond acceptors (Lipinski definition) is 4. The van der Waals surface area contributed by atoms with Crippen molar-refractivity contribution in [1.29, 1.82) is 0 Å². The summed E-state index contributed by atoms with van der Waals surface area (Å²) in [6, 6.07) is 25.8. The van der Waals surface area contributed by atoms with Crippen molar-refractivity contribution >= 4 is 22.8 Å². The maximum Gasteiger partial charge on any atom is 0.164 e. The molecule has 0 saturated heterocycles. The molecule has 4 heteroatoms. The molecule has 1 unspecified atom stereocenters. The van der Waals surface area contributed by atoms with E-state index in [1.807, 2.05) is 78.8 Å². The van der Waals surface area contributed by atoms with E-state index in [-0.39, 0.29) is 11.8 Å². The van der Waals surface area contributed by atoms with Crippen molar-refractivity contribution in [3.05, 3.63) is 102 Å². The quantitative estimate of drug-likeness (QED) is 0.384. The maximum atomic E-state index is 11.7. The van der Waals surface area contributed by atoms with Crippen LogP contribution in [0.2, 0.25) is 0 Å². The van der Waals surface area contributed by atoms with Crippen LogP contribution in [0.25, 0.3) is 28.2 Å². The van der Waals surface area contributed by atoms with Gasteiger partial charge in [0.15, 0.2) is 11.5 Å². The van der Waals surface area contributed by atoms with E-state index in [1.54, 1.807) is 6.92 Å². The number of benzene rings is 3. The molecule has 152 valence electrons. The van der Waals surface area contributed by atoms with Gasteiger partial charge in [-0.2, -0.15) is 0 Å². The first-order chi connectivity index (χ1) is 15.1. The summed E-state index contributed by atoms with van der Waals surface area (Å²) < 4.78 is 0. The van der Waals surface area contributed by atoms with Crippen molar-refractivity contribution < 1.29 is 9.63 Å². The molecule has 1 aliphatic heterocycles. The van der Waals surface area contributed by atoms with E-state index in [9.17, 15) is 4.79 Å². The summed E-state index contributed by atoms with van der Waals surface area (Å²) in [5.74, 6) is 0.886. The van der Waals surface area contributed by atoms with Gasteiger partial charge in [-0.1, -0.05) is 78.9 Å². The summed E-state index contributed by atoms with van der Waals surface area (Å²) in [6.07, 6.45) is 4.25. The number of aromatic nitrogens is 1. The molecule has 2 heterocycles. The Balaban J connectivity index is 1.68. The third kappa shape index (κ3) is 3.51. The predicted molar refractivity (Wildman–Crippen MR) is 124 cm³/mol. The second-order valence-electron chi connectivity index (χ2n) is 7.71. The molecule has 1 atom stereocenters. The van der Waals surface area contributed by atoms with E-state index in [4.69, 9.17) is 9.82 Å². The molecule has 1 aromatic heterocycles. The minimum absolute atomic E-state index is 0.0509. The van der Waals surface area contributed by atoms with Crippen LogP contribution in [0.1, 0.15) is 34.5 Å². The number of hydrogen-bond donors (Lipinski definition) is 0. The highest BCUT2D eigenvalue weighted by molar-refractivity contribution is 5.95. The second kappa shape index (κ2) is 7.82. The zero-order valence-electron chi connectivity index (χ0n) is 17.4. The van der Waals surface area contributed by atoms with Crippen molar-refractivity contribution in [3.8, 4) is 17.0 Å². The smallest absolute Gasteiger partial charge is 0.164 e. The molecule has 0 amide bonds. The molecule has 0 radical (unpaired) electrons. The molecular weight excluding hydrogens is 384 g/mol. The first kappa shape index (κ1) is 19.2. The highest BCUT2D eigenvalue weighted by atomic mass is 16.7. The van der Waals surface area contributed by atoms with Crippen LogP contribution in [-0.4, -0.2) is 22.9 Å². The highest BCUT2D eigenvalue weighted by Crippen LogP contribution is 2.46. The zero-order valence-corrected chi connectivity index (χ0v) is 17.4. The van der Waals surface area contributed by atoms with Gasteiger partial charge in [0.05, 0.1) is 17.3 Å². The van der Waals surface area contributed by atoms with Crippen LogP contribution < -0.4 is 4.84 Å². The highest BCUT2D eigenvalue weighted by Gasteiger charge is 2.33. The number of Topliss-reactive ketones (excluding diaryl/α,β-unsaturated/α-hetero) is 1. The van der Waals surface area contributed by atoms with Gasteiger partial charge in [-0.25, -0.2) is 4.98 Å². The van der Waals surface area contributed by atoms with Crippen molar-refractivity contribution in [1.82, 2.24) is 10.0 Å². The predicted octanol–water partition coefficient (Wildman–Crippen LogP) is 6.10. The molecule has 4 nitrogen and oxygen atoms in total. The number of para-hydroxylation sites is 1. The maximum absolute atomic E-state index is 11.7. The first-order valence-electron chi connectivity index (χ1n) is 10.3. The van der Waals surface area contributed by atoms with Crippen LogP contribution in [0, 0.1) is 0 Å². The van der Waals surface area contributed by atoms with Gasteiger partial charge >= 0.3 is 0 Å². The lowest BCUT2D eigenvalue weighted by Crippen LogP contribution is -2.19. The standard InChI is InChI=1S/C27H22N2O2/c1-18(30)20-13-15-21(16-14-20)26-25-24(17-12-19-8-4-3-5-9-19)29(2)31-27(25)22-10-6-7-11-23(22)28-26/h3-17,24H,1-2H3/b17-12+. The molecule has 0 saturated carbocycles. The van der Waals surface area contributed by atoms with Gasteiger partial charge in [0.25, 0.3) is 0 Å². The van der Waals surface area contributed by atoms with Gasteiger partial charge in [0.2, 0.25) is 0 Å². The van der Waals surface area contributed by atoms with E-state index < -0.39 is 0 Å². The number of nitrogens with zero attached hydrogens (tertiary/aromatic N) is 2. The molecule has 0 aliphatic carbocycles. The van der Waals surface area contributed by atoms with E-state index in [1.165, 1.54) is 0 Å². The molecule has 0 N–H and O–H groups in total. The summed E-state index contributed by atoms with van der Waals surface area (Å²) in [5, 5.41) is 2.86. The van der Waals surface area contributed by atoms with Crippen molar-refractivity contribution in [2.45, 2.75) is 13.0 Å². The lowest BCUT2D eigenvalue weighted by Gasteiger charge is -2.15. The minimum atomic E-state index is -0.0882.